The SMILES string of the molecule is C=C(C)C.NC(=O)/C=C/C(=O)O.O=C1C=CC(=O)N1.O=C1C=CC(=O)O1. The molecule has 10 nitrogen and oxygen atoms in total. The van der Waals surface area contributed by atoms with Crippen molar-refractivity contribution < 1.29 is 38.6 Å². The van der Waals surface area contributed by atoms with Crippen LogP contribution in [0.1, 0.15) is 13.8 Å². The zero-order chi connectivity index (χ0) is 20.7. The van der Waals surface area contributed by atoms with E-state index in [4.69, 9.17) is 5.11 Å². The number of hydrogen-bond acceptors (Lipinski definition) is 7. The van der Waals surface area contributed by atoms with Crippen molar-refractivity contribution in [3.63, 3.8) is 0 Å². The number of allylic oxidation sites excluding steroid dienone is 1. The average molecular weight is 366 g/mol. The van der Waals surface area contributed by atoms with Gasteiger partial charge in [-0.1, -0.05) is 5.57 Å². The molecule has 0 aromatic heterocycles. The van der Waals surface area contributed by atoms with Crippen LogP contribution < -0.4 is 11.1 Å². The number of carbonyl (C=O) groups is 6. The van der Waals surface area contributed by atoms with Gasteiger partial charge in [0.05, 0.1) is 0 Å². The molecule has 0 aliphatic carbocycles. The van der Waals surface area contributed by atoms with Gasteiger partial charge in [-0.25, -0.2) is 14.4 Å². The summed E-state index contributed by atoms with van der Waals surface area (Å²) in [6, 6.07) is 0. The van der Waals surface area contributed by atoms with E-state index in [0.717, 1.165) is 18.2 Å². The molecule has 0 saturated heterocycles. The lowest BCUT2D eigenvalue weighted by atomic mass is 10.4. The number of hydrogen-bond donors (Lipinski definition) is 3. The van der Waals surface area contributed by atoms with Crippen LogP contribution in [0.3, 0.4) is 0 Å². The van der Waals surface area contributed by atoms with Crippen LogP contribution in [0.25, 0.3) is 0 Å². The first-order valence-electron chi connectivity index (χ1n) is 6.73. The number of carboxylic acid groups (broad SMARTS) is 1. The van der Waals surface area contributed by atoms with Crippen LogP contribution in [-0.4, -0.2) is 40.7 Å². The van der Waals surface area contributed by atoms with E-state index >= 15 is 0 Å². The highest BCUT2D eigenvalue weighted by atomic mass is 16.6. The van der Waals surface area contributed by atoms with Gasteiger partial charge in [-0.15, -0.1) is 6.58 Å². The van der Waals surface area contributed by atoms with E-state index in [0.29, 0.717) is 6.08 Å². The molecular formula is C16H18N2O8. The Morgan fingerprint density at radius 2 is 1.38 bits per heavy atom. The molecule has 2 heterocycles. The molecule has 0 saturated carbocycles. The van der Waals surface area contributed by atoms with E-state index in [1.807, 2.05) is 19.2 Å². The molecule has 2 aliphatic heterocycles. The summed E-state index contributed by atoms with van der Waals surface area (Å²) >= 11 is 0. The number of nitrogens with two attached hydrogens (primary N) is 1. The third kappa shape index (κ3) is 20.2. The van der Waals surface area contributed by atoms with Crippen molar-refractivity contribution >= 4 is 35.6 Å². The van der Waals surface area contributed by atoms with E-state index in [2.05, 4.69) is 17.0 Å². The molecule has 140 valence electrons. The maximum Gasteiger partial charge on any atom is 0.338 e. The smallest absolute Gasteiger partial charge is 0.338 e. The molecular weight excluding hydrogens is 348 g/mol. The first-order valence-corrected chi connectivity index (χ1v) is 6.73. The van der Waals surface area contributed by atoms with Crippen LogP contribution in [-0.2, 0) is 33.5 Å². The summed E-state index contributed by atoms with van der Waals surface area (Å²) in [4.78, 5) is 59.3. The summed E-state index contributed by atoms with van der Waals surface area (Å²) < 4.78 is 3.97. The van der Waals surface area contributed by atoms with Crippen LogP contribution in [0, 0.1) is 0 Å². The van der Waals surface area contributed by atoms with Gasteiger partial charge in [0, 0.05) is 36.5 Å². The van der Waals surface area contributed by atoms with Crippen LogP contribution in [0.5, 0.6) is 0 Å². The minimum atomic E-state index is -1.18. The van der Waals surface area contributed by atoms with Gasteiger partial charge >= 0.3 is 17.9 Å². The maximum atomic E-state index is 10.0. The van der Waals surface area contributed by atoms with Gasteiger partial charge in [-0.3, -0.25) is 19.7 Å². The molecule has 10 heteroatoms. The van der Waals surface area contributed by atoms with E-state index < -0.39 is 23.8 Å². The van der Waals surface area contributed by atoms with Crippen molar-refractivity contribution in [2.45, 2.75) is 13.8 Å². The lowest BCUT2D eigenvalue weighted by Crippen LogP contribution is -2.19. The van der Waals surface area contributed by atoms with Crippen LogP contribution in [0.4, 0.5) is 0 Å². The number of carboxylic acids is 1. The highest BCUT2D eigenvalue weighted by Gasteiger charge is 2.10. The van der Waals surface area contributed by atoms with Crippen molar-refractivity contribution in [2.24, 2.45) is 5.73 Å². The Bertz CT molecular complexity index is 598. The second-order valence-corrected chi connectivity index (χ2v) is 4.54. The molecule has 26 heavy (non-hydrogen) atoms. The molecule has 0 atom stereocenters. The molecule has 0 unspecified atom stereocenters. The lowest BCUT2D eigenvalue weighted by molar-refractivity contribution is -0.150. The number of nitrogens with one attached hydrogen (secondary N) is 1. The molecule has 0 aromatic carbocycles. The van der Waals surface area contributed by atoms with Gasteiger partial charge in [0.25, 0.3) is 11.8 Å². The fourth-order valence-electron chi connectivity index (χ4n) is 0.813. The molecule has 0 aromatic rings. The Morgan fingerprint density at radius 1 is 1.00 bits per heavy atom. The third-order valence-electron chi connectivity index (χ3n) is 1.58. The first-order chi connectivity index (χ1) is 11.9. The zero-order valence-corrected chi connectivity index (χ0v) is 14.1. The number of aliphatic carboxylic acids is 1. The van der Waals surface area contributed by atoms with Gasteiger partial charge in [0.2, 0.25) is 5.91 Å². The normalized spacial score (nSPS) is 13.5. The van der Waals surface area contributed by atoms with E-state index in [1.165, 1.54) is 17.7 Å². The lowest BCUT2D eigenvalue weighted by Gasteiger charge is -1.80. The minimum Gasteiger partial charge on any atom is -0.478 e. The summed E-state index contributed by atoms with van der Waals surface area (Å²) in [5.41, 5.74) is 5.72. The number of amides is 3. The van der Waals surface area contributed by atoms with Crippen molar-refractivity contribution in [1.29, 1.82) is 0 Å². The summed E-state index contributed by atoms with van der Waals surface area (Å²) in [5.74, 6) is -3.75. The first kappa shape index (κ1) is 24.4. The van der Waals surface area contributed by atoms with E-state index in [-0.39, 0.29) is 11.8 Å². The molecule has 0 fully saturated rings. The van der Waals surface area contributed by atoms with Gasteiger partial charge in [-0.2, -0.15) is 0 Å². The summed E-state index contributed by atoms with van der Waals surface area (Å²) in [6.45, 7) is 7.50. The topological polar surface area (TPSA) is 170 Å². The Balaban J connectivity index is 0. The summed E-state index contributed by atoms with van der Waals surface area (Å²) in [6.07, 6.45) is 6.03. The van der Waals surface area contributed by atoms with Gasteiger partial charge in [0.1, 0.15) is 0 Å². The Kier molecular flexibility index (Phi) is 12.8. The van der Waals surface area contributed by atoms with Crippen LogP contribution >= 0.6 is 0 Å². The van der Waals surface area contributed by atoms with Crippen LogP contribution in [0.15, 0.2) is 48.6 Å². The number of carbonyl (C=O) groups excluding carboxylic acids is 5. The quantitative estimate of drug-likeness (QED) is 0.193. The molecule has 0 bridgehead atoms. The second kappa shape index (κ2) is 13.6. The Hall–Kier alpha value is -3.82. The summed E-state index contributed by atoms with van der Waals surface area (Å²) in [7, 11) is 0. The molecule has 3 amide bonds. The predicted octanol–water partition coefficient (Wildman–Crippen LogP) is -0.480. The molecule has 0 radical (unpaired) electrons. The Morgan fingerprint density at radius 3 is 1.50 bits per heavy atom. The van der Waals surface area contributed by atoms with Crippen molar-refractivity contribution in [3.8, 4) is 0 Å². The average Bonchev–Trinajstić information content (AvgIpc) is 3.05. The van der Waals surface area contributed by atoms with Crippen molar-refractivity contribution in [2.75, 3.05) is 0 Å². The molecule has 2 rings (SSSR count). The fourth-order valence-corrected chi connectivity index (χ4v) is 0.813. The summed E-state index contributed by atoms with van der Waals surface area (Å²) in [5, 5.41) is 9.90. The van der Waals surface area contributed by atoms with Gasteiger partial charge in [-0.05, 0) is 13.8 Å². The number of primary amides is 1. The molecule has 2 aliphatic rings. The number of imide groups is 1. The fraction of sp³-hybridized carbons (Fsp3) is 0.125. The molecule has 0 spiro atoms. The third-order valence-corrected chi connectivity index (χ3v) is 1.58. The van der Waals surface area contributed by atoms with Crippen molar-refractivity contribution in [1.82, 2.24) is 5.32 Å². The van der Waals surface area contributed by atoms with E-state index in [9.17, 15) is 28.8 Å². The zero-order valence-electron chi connectivity index (χ0n) is 14.1. The molecule has 4 N–H and O–H groups in total. The number of rotatable bonds is 2. The number of esters is 2. The van der Waals surface area contributed by atoms with E-state index in [1.54, 1.807) is 0 Å². The highest BCUT2D eigenvalue weighted by Crippen LogP contribution is 1.92. The largest absolute Gasteiger partial charge is 0.478 e. The number of cyclic esters (lactones) is 2. The monoisotopic (exact) mass is 366 g/mol. The van der Waals surface area contributed by atoms with Gasteiger partial charge in [0.15, 0.2) is 0 Å². The second-order valence-electron chi connectivity index (χ2n) is 4.54. The highest BCUT2D eigenvalue weighted by molar-refractivity contribution is 6.12. The Labute approximate surface area is 148 Å². The number of ether oxygens (including phenoxy) is 1. The predicted molar refractivity (Wildman–Crippen MR) is 89.0 cm³/mol. The van der Waals surface area contributed by atoms with Crippen LogP contribution in [0.2, 0.25) is 0 Å². The van der Waals surface area contributed by atoms with Crippen molar-refractivity contribution in [3.05, 3.63) is 48.6 Å². The minimum absolute atomic E-state index is 0.329. The standard InChI is InChI=1S/C4H5NO3.C4H3NO2.C4H2O3.C4H8/c5-3(6)1-2-4(7)8;6-3-1-2-4(7)5-3;5-3-1-2-4(6)7-3;1-4(2)3/h1-2H,(H2,5,6)(H,7,8);1-2H,(H,5,6,7);1-2H;1H2,2-3H3/b2-1+;;;. The maximum absolute atomic E-state index is 10.0. The van der Waals surface area contributed by atoms with Gasteiger partial charge < -0.3 is 15.6 Å².